The number of hydrogen-bond donors (Lipinski definition) is 1. The molecule has 0 aromatic heterocycles. The summed E-state index contributed by atoms with van der Waals surface area (Å²) in [4.78, 5) is 23.1. The van der Waals surface area contributed by atoms with Crippen molar-refractivity contribution < 1.29 is 18.5 Å². The van der Waals surface area contributed by atoms with Crippen LogP contribution in [-0.4, -0.2) is 39.2 Å². The number of nitrogens with one attached hydrogen (secondary N) is 1. The predicted molar refractivity (Wildman–Crippen MR) is 76.2 cm³/mol. The van der Waals surface area contributed by atoms with E-state index in [9.17, 15) is 13.8 Å². The van der Waals surface area contributed by atoms with Gasteiger partial charge in [0.15, 0.2) is 0 Å². The van der Waals surface area contributed by atoms with E-state index in [1.54, 1.807) is 13.8 Å². The minimum Gasteiger partial charge on any atom is -0.469 e. The highest BCUT2D eigenvalue weighted by molar-refractivity contribution is 7.87. The Hall–Kier alpha value is -0.910. The number of amides is 1. The van der Waals surface area contributed by atoms with Crippen LogP contribution in [0.2, 0.25) is 0 Å². The van der Waals surface area contributed by atoms with Crippen molar-refractivity contribution in [3.05, 3.63) is 0 Å². The van der Waals surface area contributed by atoms with Gasteiger partial charge in [0.2, 0.25) is 5.91 Å². The van der Waals surface area contributed by atoms with Gasteiger partial charge in [0.1, 0.15) is 5.25 Å². The van der Waals surface area contributed by atoms with Gasteiger partial charge in [0, 0.05) is 21.6 Å². The average molecular weight is 291 g/mol. The van der Waals surface area contributed by atoms with Crippen molar-refractivity contribution in [3.63, 3.8) is 0 Å². The van der Waals surface area contributed by atoms with Crippen molar-refractivity contribution in [2.75, 3.05) is 7.11 Å². The summed E-state index contributed by atoms with van der Waals surface area (Å²) in [5.41, 5.74) is -0.318. The minimum absolute atomic E-state index is 0.0535. The fourth-order valence-electron chi connectivity index (χ4n) is 1.38. The summed E-state index contributed by atoms with van der Waals surface area (Å²) in [5.74, 6) is -0.663. The van der Waals surface area contributed by atoms with Crippen LogP contribution in [-0.2, 0) is 25.1 Å². The summed E-state index contributed by atoms with van der Waals surface area (Å²) < 4.78 is 16.7. The van der Waals surface area contributed by atoms with Crippen LogP contribution in [0.15, 0.2) is 0 Å². The number of methoxy groups -OCH3 is 1. The molecule has 3 atom stereocenters. The summed E-state index contributed by atoms with van der Waals surface area (Å²) in [5, 5.41) is 1.81. The molecule has 1 amide bonds. The zero-order valence-electron chi connectivity index (χ0n) is 12.6. The molecule has 112 valence electrons. The van der Waals surface area contributed by atoms with Gasteiger partial charge in [-0.3, -0.25) is 13.8 Å². The van der Waals surface area contributed by atoms with E-state index in [0.29, 0.717) is 0 Å². The van der Waals surface area contributed by atoms with E-state index < -0.39 is 27.3 Å². The monoisotopic (exact) mass is 291 g/mol. The third-order valence-corrected chi connectivity index (χ3v) is 5.01. The van der Waals surface area contributed by atoms with Crippen LogP contribution >= 0.6 is 0 Å². The Kier molecular flexibility index (Phi) is 7.26. The Morgan fingerprint density at radius 1 is 1.32 bits per heavy atom. The quantitative estimate of drug-likeness (QED) is 0.719. The maximum absolute atomic E-state index is 12.2. The highest BCUT2D eigenvalue weighted by Crippen LogP contribution is 2.12. The lowest BCUT2D eigenvalue weighted by Gasteiger charge is -2.27. The molecule has 0 heterocycles. The number of hydrogen-bond acceptors (Lipinski definition) is 4. The molecule has 5 nitrogen and oxygen atoms in total. The van der Waals surface area contributed by atoms with Crippen molar-refractivity contribution in [2.24, 2.45) is 0 Å². The zero-order valence-corrected chi connectivity index (χ0v) is 13.4. The van der Waals surface area contributed by atoms with Gasteiger partial charge in [-0.15, -0.1) is 0 Å². The van der Waals surface area contributed by atoms with Gasteiger partial charge in [-0.05, 0) is 27.2 Å². The lowest BCUT2D eigenvalue weighted by atomic mass is 10.0. The van der Waals surface area contributed by atoms with Crippen molar-refractivity contribution in [1.29, 1.82) is 0 Å². The molecule has 0 aromatic rings. The zero-order chi connectivity index (χ0) is 15.2. The second kappa shape index (κ2) is 7.62. The fraction of sp³-hybridized carbons (Fsp3) is 0.846. The van der Waals surface area contributed by atoms with Crippen LogP contribution in [0, 0.1) is 0 Å². The van der Waals surface area contributed by atoms with Crippen LogP contribution in [0.3, 0.4) is 0 Å². The first-order chi connectivity index (χ1) is 8.64. The number of rotatable bonds is 7. The number of ether oxygens (including phenoxy) is 1. The first kappa shape index (κ1) is 18.1. The Balaban J connectivity index is 4.56. The molecule has 0 bridgehead atoms. The molecule has 0 fully saturated rings. The molecule has 0 aliphatic heterocycles. The summed E-state index contributed by atoms with van der Waals surface area (Å²) >= 11 is 0. The van der Waals surface area contributed by atoms with Crippen LogP contribution < -0.4 is 5.32 Å². The van der Waals surface area contributed by atoms with Gasteiger partial charge in [0.25, 0.3) is 0 Å². The maximum Gasteiger partial charge on any atom is 0.306 e. The normalized spacial score (nSPS) is 16.3. The van der Waals surface area contributed by atoms with Gasteiger partial charge in [-0.2, -0.15) is 0 Å². The van der Waals surface area contributed by atoms with Crippen LogP contribution in [0.25, 0.3) is 0 Å². The van der Waals surface area contributed by atoms with Gasteiger partial charge in [-0.1, -0.05) is 13.8 Å². The van der Waals surface area contributed by atoms with Crippen LogP contribution in [0.1, 0.15) is 47.5 Å². The lowest BCUT2D eigenvalue weighted by molar-refractivity contribution is -0.140. The SMILES string of the molecule is CCC(C)(C)NC(=O)C(C)S(=O)C(C)CC(=O)OC. The largest absolute Gasteiger partial charge is 0.469 e. The predicted octanol–water partition coefficient (Wildman–Crippen LogP) is 1.38. The van der Waals surface area contributed by atoms with Crippen molar-refractivity contribution >= 4 is 22.7 Å². The number of carbonyl (C=O) groups excluding carboxylic acids is 2. The first-order valence-electron chi connectivity index (χ1n) is 6.42. The third-order valence-electron chi connectivity index (χ3n) is 3.14. The van der Waals surface area contributed by atoms with E-state index in [4.69, 9.17) is 0 Å². The first-order valence-corrected chi connectivity index (χ1v) is 7.70. The molecule has 0 aliphatic carbocycles. The number of esters is 1. The summed E-state index contributed by atoms with van der Waals surface area (Å²) in [6.07, 6.45) is 0.841. The summed E-state index contributed by atoms with van der Waals surface area (Å²) in [6, 6.07) is 0. The van der Waals surface area contributed by atoms with E-state index >= 15 is 0 Å². The smallest absolute Gasteiger partial charge is 0.306 e. The van der Waals surface area contributed by atoms with Gasteiger partial charge < -0.3 is 10.1 Å². The Morgan fingerprint density at radius 3 is 2.26 bits per heavy atom. The third kappa shape index (κ3) is 6.18. The van der Waals surface area contributed by atoms with Crippen molar-refractivity contribution in [1.82, 2.24) is 5.32 Å². The minimum atomic E-state index is -1.41. The molecular weight excluding hydrogens is 266 g/mol. The van der Waals surface area contributed by atoms with Gasteiger partial charge in [0.05, 0.1) is 13.5 Å². The molecule has 0 spiro atoms. The highest BCUT2D eigenvalue weighted by atomic mass is 32.2. The molecule has 6 heteroatoms. The van der Waals surface area contributed by atoms with Crippen molar-refractivity contribution in [3.8, 4) is 0 Å². The Morgan fingerprint density at radius 2 is 1.84 bits per heavy atom. The maximum atomic E-state index is 12.2. The Labute approximate surface area is 117 Å². The molecule has 0 saturated carbocycles. The molecule has 0 aromatic carbocycles. The molecule has 3 unspecified atom stereocenters. The molecular formula is C13H25NO4S. The average Bonchev–Trinajstić information content (AvgIpc) is 2.35. The second-order valence-electron chi connectivity index (χ2n) is 5.29. The summed E-state index contributed by atoms with van der Waals surface area (Å²) in [6.45, 7) is 9.10. The van der Waals surface area contributed by atoms with E-state index in [2.05, 4.69) is 10.1 Å². The van der Waals surface area contributed by atoms with E-state index in [1.165, 1.54) is 7.11 Å². The van der Waals surface area contributed by atoms with E-state index in [0.717, 1.165) is 6.42 Å². The Bertz CT molecular complexity index is 355. The molecule has 19 heavy (non-hydrogen) atoms. The standard InChI is InChI=1S/C13H25NO4S/c1-7-13(4,5)14-12(16)10(3)19(17)9(2)8-11(15)18-6/h9-10H,7-8H2,1-6H3,(H,14,16). The fourth-order valence-corrected chi connectivity index (χ4v) is 2.64. The van der Waals surface area contributed by atoms with Crippen LogP contribution in [0.4, 0.5) is 0 Å². The topological polar surface area (TPSA) is 72.5 Å². The molecule has 0 radical (unpaired) electrons. The molecule has 1 N–H and O–H groups in total. The van der Waals surface area contributed by atoms with Gasteiger partial charge in [-0.25, -0.2) is 0 Å². The van der Waals surface area contributed by atoms with Gasteiger partial charge >= 0.3 is 5.97 Å². The van der Waals surface area contributed by atoms with E-state index in [1.807, 2.05) is 20.8 Å². The van der Waals surface area contributed by atoms with Crippen molar-refractivity contribution in [2.45, 2.75) is 63.5 Å². The second-order valence-corrected chi connectivity index (χ2v) is 7.46. The molecule has 0 rings (SSSR count). The highest BCUT2D eigenvalue weighted by Gasteiger charge is 2.29. The number of carbonyl (C=O) groups is 2. The van der Waals surface area contributed by atoms with E-state index in [-0.39, 0.29) is 17.9 Å². The summed E-state index contributed by atoms with van der Waals surface area (Å²) in [7, 11) is -0.122. The molecule has 0 aliphatic rings. The van der Waals surface area contributed by atoms with Crippen LogP contribution in [0.5, 0.6) is 0 Å². The molecule has 0 saturated heterocycles. The lowest BCUT2D eigenvalue weighted by Crippen LogP contribution is -2.48.